The van der Waals surface area contributed by atoms with E-state index in [2.05, 4.69) is 5.32 Å². The van der Waals surface area contributed by atoms with Crippen LogP contribution in [0, 0.1) is 0 Å². The predicted octanol–water partition coefficient (Wildman–Crippen LogP) is 4.76. The van der Waals surface area contributed by atoms with Crippen LogP contribution in [0.15, 0.2) is 48.5 Å². The summed E-state index contributed by atoms with van der Waals surface area (Å²) in [5, 5.41) is 4.03. The molecule has 25 heavy (non-hydrogen) atoms. The van der Waals surface area contributed by atoms with Crippen molar-refractivity contribution in [3.05, 3.63) is 69.2 Å². The van der Waals surface area contributed by atoms with Crippen LogP contribution in [0.4, 0.5) is 5.69 Å². The molecule has 4 nitrogen and oxygen atoms in total. The van der Waals surface area contributed by atoms with Gasteiger partial charge in [-0.2, -0.15) is 0 Å². The number of carbonyl (C=O) groups is 2. The van der Waals surface area contributed by atoms with E-state index in [9.17, 15) is 9.59 Å². The number of benzene rings is 2. The van der Waals surface area contributed by atoms with Gasteiger partial charge in [-0.05, 0) is 42.0 Å². The van der Waals surface area contributed by atoms with E-state index < -0.39 is 0 Å². The summed E-state index contributed by atoms with van der Waals surface area (Å²) >= 11 is 17.5. The molecule has 0 unspecified atom stereocenters. The molecule has 130 valence electrons. The van der Waals surface area contributed by atoms with Crippen molar-refractivity contribution in [2.45, 2.75) is 0 Å². The summed E-state index contributed by atoms with van der Waals surface area (Å²) in [6.45, 7) is -0.0932. The largest absolute Gasteiger partial charge is 0.333 e. The molecule has 0 atom stereocenters. The standard InChI is InChI=1S/C18H15Cl3N2O2/c1-23(18(25)9-4-12-2-5-13(19)6-3-12)11-17(24)22-14-7-8-15(20)16(21)10-14/h2-10H,11H2,1H3,(H,22,24)/b9-4+. The molecule has 0 aliphatic heterocycles. The third-order valence-electron chi connectivity index (χ3n) is 3.25. The molecule has 7 heteroatoms. The quantitative estimate of drug-likeness (QED) is 0.740. The van der Waals surface area contributed by atoms with Crippen LogP contribution in [0.5, 0.6) is 0 Å². The minimum Gasteiger partial charge on any atom is -0.333 e. The van der Waals surface area contributed by atoms with E-state index >= 15 is 0 Å². The summed E-state index contributed by atoms with van der Waals surface area (Å²) in [5.41, 5.74) is 1.35. The van der Waals surface area contributed by atoms with Crippen molar-refractivity contribution in [3.63, 3.8) is 0 Å². The number of hydrogen-bond acceptors (Lipinski definition) is 2. The molecule has 0 aromatic heterocycles. The Hall–Kier alpha value is -2.01. The molecular formula is C18H15Cl3N2O2. The molecule has 2 amide bonds. The molecule has 0 aliphatic carbocycles. The summed E-state index contributed by atoms with van der Waals surface area (Å²) in [7, 11) is 1.54. The van der Waals surface area contributed by atoms with Crippen molar-refractivity contribution in [2.24, 2.45) is 0 Å². The fourth-order valence-electron chi connectivity index (χ4n) is 1.94. The van der Waals surface area contributed by atoms with Gasteiger partial charge in [-0.25, -0.2) is 0 Å². The van der Waals surface area contributed by atoms with E-state index in [1.807, 2.05) is 0 Å². The Morgan fingerprint density at radius 3 is 2.36 bits per heavy atom. The molecular weight excluding hydrogens is 383 g/mol. The monoisotopic (exact) mass is 396 g/mol. The molecule has 0 spiro atoms. The second-order valence-electron chi connectivity index (χ2n) is 5.26. The number of nitrogens with one attached hydrogen (secondary N) is 1. The number of halogens is 3. The highest BCUT2D eigenvalue weighted by Gasteiger charge is 2.11. The van der Waals surface area contributed by atoms with Crippen molar-refractivity contribution in [1.82, 2.24) is 4.90 Å². The summed E-state index contributed by atoms with van der Waals surface area (Å²) in [4.78, 5) is 25.4. The molecule has 0 fully saturated rings. The zero-order chi connectivity index (χ0) is 18.4. The van der Waals surface area contributed by atoms with Crippen LogP contribution in [0.1, 0.15) is 5.56 Å². The molecule has 2 aromatic rings. The van der Waals surface area contributed by atoms with Gasteiger partial charge < -0.3 is 10.2 Å². The Morgan fingerprint density at radius 1 is 1.04 bits per heavy atom. The van der Waals surface area contributed by atoms with Crippen LogP contribution in [0.25, 0.3) is 6.08 Å². The van der Waals surface area contributed by atoms with Gasteiger partial charge in [0.25, 0.3) is 0 Å². The molecule has 2 aromatic carbocycles. The van der Waals surface area contributed by atoms with E-state index in [4.69, 9.17) is 34.8 Å². The summed E-state index contributed by atoms with van der Waals surface area (Å²) < 4.78 is 0. The van der Waals surface area contributed by atoms with Crippen molar-refractivity contribution in [2.75, 3.05) is 18.9 Å². The lowest BCUT2D eigenvalue weighted by atomic mass is 10.2. The first-order chi connectivity index (χ1) is 11.8. The maximum Gasteiger partial charge on any atom is 0.246 e. The first-order valence-electron chi connectivity index (χ1n) is 7.29. The molecule has 0 saturated carbocycles. The lowest BCUT2D eigenvalue weighted by Gasteiger charge is -2.15. The molecule has 2 rings (SSSR count). The second-order valence-corrected chi connectivity index (χ2v) is 6.51. The molecule has 0 bridgehead atoms. The van der Waals surface area contributed by atoms with Crippen molar-refractivity contribution in [3.8, 4) is 0 Å². The van der Waals surface area contributed by atoms with E-state index in [-0.39, 0.29) is 18.4 Å². The maximum atomic E-state index is 12.1. The zero-order valence-corrected chi connectivity index (χ0v) is 15.6. The summed E-state index contributed by atoms with van der Waals surface area (Å²) in [5.74, 6) is -0.631. The Kier molecular flexibility index (Phi) is 6.88. The predicted molar refractivity (Wildman–Crippen MR) is 103 cm³/mol. The van der Waals surface area contributed by atoms with Crippen LogP contribution in [-0.4, -0.2) is 30.3 Å². The van der Waals surface area contributed by atoms with Gasteiger partial charge in [-0.1, -0.05) is 46.9 Å². The highest BCUT2D eigenvalue weighted by atomic mass is 35.5. The van der Waals surface area contributed by atoms with Crippen LogP contribution in [0.2, 0.25) is 15.1 Å². The fraction of sp³-hybridized carbons (Fsp3) is 0.111. The van der Waals surface area contributed by atoms with Gasteiger partial charge in [-0.3, -0.25) is 9.59 Å². The number of hydrogen-bond donors (Lipinski definition) is 1. The first-order valence-corrected chi connectivity index (χ1v) is 8.42. The SMILES string of the molecule is CN(CC(=O)Nc1ccc(Cl)c(Cl)c1)C(=O)/C=C/c1ccc(Cl)cc1. The third-order valence-corrected chi connectivity index (χ3v) is 4.24. The maximum absolute atomic E-state index is 12.1. The Bertz CT molecular complexity index is 804. The number of carbonyl (C=O) groups excluding carboxylic acids is 2. The molecule has 0 saturated heterocycles. The Balaban J connectivity index is 1.90. The van der Waals surface area contributed by atoms with Crippen LogP contribution >= 0.6 is 34.8 Å². The molecule has 0 heterocycles. The number of anilines is 1. The van der Waals surface area contributed by atoms with E-state index in [0.29, 0.717) is 20.8 Å². The first kappa shape index (κ1) is 19.3. The smallest absolute Gasteiger partial charge is 0.246 e. The number of rotatable bonds is 5. The number of likely N-dealkylation sites (N-methyl/N-ethyl adjacent to an activating group) is 1. The van der Waals surface area contributed by atoms with E-state index in [1.165, 1.54) is 11.0 Å². The van der Waals surface area contributed by atoms with Gasteiger partial charge in [-0.15, -0.1) is 0 Å². The lowest BCUT2D eigenvalue weighted by Crippen LogP contribution is -2.33. The topological polar surface area (TPSA) is 49.4 Å². The Labute approximate surface area is 161 Å². The van der Waals surface area contributed by atoms with Crippen LogP contribution in [-0.2, 0) is 9.59 Å². The van der Waals surface area contributed by atoms with Gasteiger partial charge in [0.2, 0.25) is 11.8 Å². The highest BCUT2D eigenvalue weighted by Crippen LogP contribution is 2.24. The fourth-order valence-corrected chi connectivity index (χ4v) is 2.36. The van der Waals surface area contributed by atoms with E-state index in [0.717, 1.165) is 5.56 Å². The van der Waals surface area contributed by atoms with Crippen LogP contribution in [0.3, 0.4) is 0 Å². The number of nitrogens with zero attached hydrogens (tertiary/aromatic N) is 1. The van der Waals surface area contributed by atoms with Crippen molar-refractivity contribution in [1.29, 1.82) is 0 Å². The highest BCUT2D eigenvalue weighted by molar-refractivity contribution is 6.42. The minimum absolute atomic E-state index is 0.0932. The molecule has 0 radical (unpaired) electrons. The van der Waals surface area contributed by atoms with Gasteiger partial charge in [0.15, 0.2) is 0 Å². The van der Waals surface area contributed by atoms with E-state index in [1.54, 1.807) is 55.6 Å². The normalized spacial score (nSPS) is 10.7. The molecule has 1 N–H and O–H groups in total. The van der Waals surface area contributed by atoms with Gasteiger partial charge in [0.05, 0.1) is 16.6 Å². The Morgan fingerprint density at radius 2 is 1.72 bits per heavy atom. The summed E-state index contributed by atoms with van der Waals surface area (Å²) in [6.07, 6.45) is 3.06. The van der Waals surface area contributed by atoms with Crippen LogP contribution < -0.4 is 5.32 Å². The molecule has 0 aliphatic rings. The van der Waals surface area contributed by atoms with Crippen molar-refractivity contribution >= 4 is 58.4 Å². The van der Waals surface area contributed by atoms with Gasteiger partial charge >= 0.3 is 0 Å². The lowest BCUT2D eigenvalue weighted by molar-refractivity contribution is -0.129. The average molecular weight is 398 g/mol. The zero-order valence-electron chi connectivity index (χ0n) is 13.3. The van der Waals surface area contributed by atoms with Gasteiger partial charge in [0.1, 0.15) is 0 Å². The minimum atomic E-state index is -0.339. The third kappa shape index (κ3) is 6.09. The summed E-state index contributed by atoms with van der Waals surface area (Å²) in [6, 6.07) is 11.8. The number of amides is 2. The average Bonchev–Trinajstić information content (AvgIpc) is 2.57. The van der Waals surface area contributed by atoms with Crippen molar-refractivity contribution < 1.29 is 9.59 Å². The second kappa shape index (κ2) is 8.90. The van der Waals surface area contributed by atoms with Gasteiger partial charge in [0, 0.05) is 23.8 Å².